The molecule has 0 bridgehead atoms. The van der Waals surface area contributed by atoms with Crippen LogP contribution >= 0.6 is 15.9 Å². The number of hydrogen-bond acceptors (Lipinski definition) is 5. The summed E-state index contributed by atoms with van der Waals surface area (Å²) < 4.78 is 8.64. The van der Waals surface area contributed by atoms with Crippen LogP contribution in [0.15, 0.2) is 76.3 Å². The lowest BCUT2D eigenvalue weighted by Crippen LogP contribution is -2.00. The lowest BCUT2D eigenvalue weighted by molar-refractivity contribution is 0.304. The van der Waals surface area contributed by atoms with Gasteiger partial charge in [-0.1, -0.05) is 30.3 Å². The Morgan fingerprint density at radius 1 is 1.17 bits per heavy atom. The molecule has 0 aliphatic carbocycles. The SMILES string of the molecule is Cn1c(N/N=C\c2ccc(OCc3ccccc3C#N)c(Br)c2)nc2ccccc21. The van der Waals surface area contributed by atoms with Crippen molar-refractivity contribution in [3.05, 3.63) is 87.9 Å². The van der Waals surface area contributed by atoms with Crippen molar-refractivity contribution < 1.29 is 4.74 Å². The van der Waals surface area contributed by atoms with Crippen molar-refractivity contribution >= 4 is 39.1 Å². The van der Waals surface area contributed by atoms with Gasteiger partial charge >= 0.3 is 0 Å². The number of anilines is 1. The second-order valence-electron chi connectivity index (χ2n) is 6.60. The number of hydrazone groups is 1. The number of aromatic nitrogens is 2. The number of para-hydroxylation sites is 2. The zero-order valence-electron chi connectivity index (χ0n) is 16.2. The van der Waals surface area contributed by atoms with E-state index in [-0.39, 0.29) is 0 Å². The molecule has 148 valence electrons. The van der Waals surface area contributed by atoms with Gasteiger partial charge in [-0.05, 0) is 57.9 Å². The number of halogens is 1. The number of ether oxygens (including phenoxy) is 1. The fourth-order valence-electron chi connectivity index (χ4n) is 3.04. The largest absolute Gasteiger partial charge is 0.488 e. The molecule has 0 amide bonds. The first-order chi connectivity index (χ1) is 14.7. The van der Waals surface area contributed by atoms with Gasteiger partial charge in [0.2, 0.25) is 5.95 Å². The summed E-state index contributed by atoms with van der Waals surface area (Å²) in [7, 11) is 1.94. The highest BCUT2D eigenvalue weighted by molar-refractivity contribution is 9.10. The molecular formula is C23H18BrN5O. The zero-order valence-corrected chi connectivity index (χ0v) is 17.8. The monoisotopic (exact) mass is 459 g/mol. The van der Waals surface area contributed by atoms with Crippen molar-refractivity contribution in [3.8, 4) is 11.8 Å². The van der Waals surface area contributed by atoms with Crippen LogP contribution in [0.5, 0.6) is 5.75 Å². The third kappa shape index (κ3) is 4.19. The minimum atomic E-state index is 0.323. The number of benzene rings is 3. The van der Waals surface area contributed by atoms with Crippen LogP contribution < -0.4 is 10.2 Å². The number of nitrogens with one attached hydrogen (secondary N) is 1. The van der Waals surface area contributed by atoms with Crippen LogP contribution in [0.3, 0.4) is 0 Å². The molecule has 1 N–H and O–H groups in total. The van der Waals surface area contributed by atoms with Crippen molar-refractivity contribution in [3.63, 3.8) is 0 Å². The predicted molar refractivity (Wildman–Crippen MR) is 122 cm³/mol. The van der Waals surface area contributed by atoms with E-state index in [1.165, 1.54) is 0 Å². The lowest BCUT2D eigenvalue weighted by Gasteiger charge is -2.10. The van der Waals surface area contributed by atoms with Gasteiger partial charge in [0, 0.05) is 12.6 Å². The summed E-state index contributed by atoms with van der Waals surface area (Å²) in [6.45, 7) is 0.323. The van der Waals surface area contributed by atoms with E-state index >= 15 is 0 Å². The van der Waals surface area contributed by atoms with E-state index in [1.807, 2.05) is 72.3 Å². The summed E-state index contributed by atoms with van der Waals surface area (Å²) in [6.07, 6.45) is 1.72. The summed E-state index contributed by atoms with van der Waals surface area (Å²) in [5.41, 5.74) is 7.31. The number of fused-ring (bicyclic) bond motifs is 1. The van der Waals surface area contributed by atoms with Crippen LogP contribution in [0, 0.1) is 11.3 Å². The fraction of sp³-hybridized carbons (Fsp3) is 0.0870. The quantitative estimate of drug-likeness (QED) is 0.316. The van der Waals surface area contributed by atoms with Crippen LogP contribution in [-0.4, -0.2) is 15.8 Å². The molecule has 0 atom stereocenters. The third-order valence-electron chi connectivity index (χ3n) is 4.64. The Bertz CT molecular complexity index is 1270. The number of rotatable bonds is 6. The Morgan fingerprint density at radius 3 is 2.77 bits per heavy atom. The highest BCUT2D eigenvalue weighted by Gasteiger charge is 2.07. The van der Waals surface area contributed by atoms with Gasteiger partial charge in [0.1, 0.15) is 12.4 Å². The Hall–Kier alpha value is -3.63. The molecule has 0 radical (unpaired) electrons. The van der Waals surface area contributed by atoms with Crippen LogP contribution in [0.2, 0.25) is 0 Å². The molecular weight excluding hydrogens is 442 g/mol. The third-order valence-corrected chi connectivity index (χ3v) is 5.26. The van der Waals surface area contributed by atoms with Gasteiger partial charge in [0.25, 0.3) is 0 Å². The topological polar surface area (TPSA) is 75.2 Å². The molecule has 30 heavy (non-hydrogen) atoms. The summed E-state index contributed by atoms with van der Waals surface area (Å²) in [4.78, 5) is 4.53. The molecule has 4 aromatic rings. The molecule has 0 fully saturated rings. The standard InChI is InChI=1S/C23H18BrN5O/c1-29-21-9-5-4-8-20(21)27-23(29)28-26-14-16-10-11-22(19(24)12-16)30-15-18-7-3-2-6-17(18)13-25/h2-12,14H,15H2,1H3,(H,27,28)/b26-14-. The number of imidazole rings is 1. The minimum Gasteiger partial charge on any atom is -0.488 e. The van der Waals surface area contributed by atoms with Gasteiger partial charge in [-0.25, -0.2) is 10.4 Å². The number of hydrogen-bond donors (Lipinski definition) is 1. The van der Waals surface area contributed by atoms with E-state index in [4.69, 9.17) is 4.74 Å². The van der Waals surface area contributed by atoms with Gasteiger partial charge in [0.05, 0.1) is 33.4 Å². The van der Waals surface area contributed by atoms with Crippen molar-refractivity contribution in [2.75, 3.05) is 5.43 Å². The van der Waals surface area contributed by atoms with Crippen LogP contribution in [0.1, 0.15) is 16.7 Å². The molecule has 4 rings (SSSR count). The number of aryl methyl sites for hydroxylation is 1. The van der Waals surface area contributed by atoms with E-state index < -0.39 is 0 Å². The first kappa shape index (κ1) is 19.7. The highest BCUT2D eigenvalue weighted by atomic mass is 79.9. The summed E-state index contributed by atoms with van der Waals surface area (Å²) in [6, 6.07) is 23.2. The highest BCUT2D eigenvalue weighted by Crippen LogP contribution is 2.27. The van der Waals surface area contributed by atoms with E-state index in [0.717, 1.165) is 26.6 Å². The first-order valence-electron chi connectivity index (χ1n) is 9.26. The van der Waals surface area contributed by atoms with Crippen LogP contribution in [0.4, 0.5) is 5.95 Å². The molecule has 6 nitrogen and oxygen atoms in total. The normalized spacial score (nSPS) is 11.0. The molecule has 1 aromatic heterocycles. The lowest BCUT2D eigenvalue weighted by atomic mass is 10.1. The molecule has 0 aliphatic heterocycles. The summed E-state index contributed by atoms with van der Waals surface area (Å²) in [5, 5.41) is 13.5. The smallest absolute Gasteiger partial charge is 0.224 e. The van der Waals surface area contributed by atoms with E-state index in [2.05, 4.69) is 37.5 Å². The predicted octanol–water partition coefficient (Wildman–Crippen LogP) is 5.23. The van der Waals surface area contributed by atoms with Gasteiger partial charge < -0.3 is 9.30 Å². The molecule has 3 aromatic carbocycles. The van der Waals surface area contributed by atoms with Crippen LogP contribution in [0.25, 0.3) is 11.0 Å². The average Bonchev–Trinajstić information content (AvgIpc) is 3.09. The second-order valence-corrected chi connectivity index (χ2v) is 7.45. The minimum absolute atomic E-state index is 0.323. The van der Waals surface area contributed by atoms with Gasteiger partial charge in [-0.3, -0.25) is 0 Å². The maximum atomic E-state index is 9.19. The molecule has 7 heteroatoms. The Balaban J connectivity index is 1.42. The maximum absolute atomic E-state index is 9.19. The Kier molecular flexibility index (Phi) is 5.77. The van der Waals surface area contributed by atoms with Crippen LogP contribution in [-0.2, 0) is 13.7 Å². The molecule has 0 saturated carbocycles. The maximum Gasteiger partial charge on any atom is 0.224 e. The number of nitriles is 1. The van der Waals surface area contributed by atoms with Gasteiger partial charge in [-0.15, -0.1) is 0 Å². The Labute approximate surface area is 182 Å². The van der Waals surface area contributed by atoms with Crippen molar-refractivity contribution in [2.45, 2.75) is 6.61 Å². The second kappa shape index (κ2) is 8.80. The van der Waals surface area contributed by atoms with E-state index in [0.29, 0.717) is 23.9 Å². The molecule has 0 saturated heterocycles. The van der Waals surface area contributed by atoms with Crippen molar-refractivity contribution in [1.29, 1.82) is 5.26 Å². The van der Waals surface area contributed by atoms with E-state index in [9.17, 15) is 5.26 Å². The zero-order chi connectivity index (χ0) is 20.9. The molecule has 1 heterocycles. The summed E-state index contributed by atoms with van der Waals surface area (Å²) in [5.74, 6) is 1.37. The van der Waals surface area contributed by atoms with Crippen molar-refractivity contribution in [1.82, 2.24) is 9.55 Å². The summed E-state index contributed by atoms with van der Waals surface area (Å²) >= 11 is 3.54. The Morgan fingerprint density at radius 2 is 1.97 bits per heavy atom. The number of nitrogens with zero attached hydrogens (tertiary/aromatic N) is 4. The fourth-order valence-corrected chi connectivity index (χ4v) is 3.55. The molecule has 0 unspecified atom stereocenters. The van der Waals surface area contributed by atoms with Gasteiger partial charge in [-0.2, -0.15) is 10.4 Å². The van der Waals surface area contributed by atoms with Crippen molar-refractivity contribution in [2.24, 2.45) is 12.1 Å². The average molecular weight is 460 g/mol. The van der Waals surface area contributed by atoms with E-state index in [1.54, 1.807) is 12.3 Å². The molecule has 0 spiro atoms. The first-order valence-corrected chi connectivity index (χ1v) is 10.1. The van der Waals surface area contributed by atoms with Gasteiger partial charge in [0.15, 0.2) is 0 Å². The molecule has 0 aliphatic rings.